The molecule has 0 saturated carbocycles. The molecule has 18 heavy (non-hydrogen) atoms. The predicted molar refractivity (Wildman–Crippen MR) is 83.3 cm³/mol. The van der Waals surface area contributed by atoms with Crippen LogP contribution in [-0.2, 0) is 6.42 Å². The van der Waals surface area contributed by atoms with Gasteiger partial charge in [0.25, 0.3) is 0 Å². The van der Waals surface area contributed by atoms with Crippen molar-refractivity contribution in [1.82, 2.24) is 0 Å². The Morgan fingerprint density at radius 1 is 1.22 bits per heavy atom. The summed E-state index contributed by atoms with van der Waals surface area (Å²) in [6, 6.07) is 8.80. The highest BCUT2D eigenvalue weighted by Crippen LogP contribution is 2.31. The molecule has 0 aliphatic rings. The number of aryl methyl sites for hydroxylation is 3. The van der Waals surface area contributed by atoms with Crippen LogP contribution in [0, 0.1) is 20.8 Å². The van der Waals surface area contributed by atoms with Gasteiger partial charge in [-0.2, -0.15) is 0 Å². The van der Waals surface area contributed by atoms with Crippen molar-refractivity contribution in [2.24, 2.45) is 5.73 Å². The van der Waals surface area contributed by atoms with Crippen molar-refractivity contribution >= 4 is 27.3 Å². The molecule has 3 heteroatoms. The van der Waals surface area contributed by atoms with Crippen LogP contribution < -0.4 is 5.73 Å². The van der Waals surface area contributed by atoms with Crippen LogP contribution in [0.1, 0.15) is 32.5 Å². The van der Waals surface area contributed by atoms with Crippen molar-refractivity contribution in [2.45, 2.75) is 33.2 Å². The van der Waals surface area contributed by atoms with Gasteiger partial charge in [0.05, 0.1) is 0 Å². The van der Waals surface area contributed by atoms with E-state index in [-0.39, 0.29) is 6.04 Å². The number of nitrogens with two attached hydrogens (primary N) is 1. The molecule has 2 aromatic rings. The van der Waals surface area contributed by atoms with Gasteiger partial charge in [-0.3, -0.25) is 0 Å². The van der Waals surface area contributed by atoms with E-state index >= 15 is 0 Å². The van der Waals surface area contributed by atoms with E-state index in [1.54, 1.807) is 11.3 Å². The number of thiophene rings is 1. The zero-order valence-electron chi connectivity index (χ0n) is 11.0. The molecular weight excluding hydrogens is 306 g/mol. The molecular formula is C15H18BrNS. The number of benzene rings is 1. The Kier molecular flexibility index (Phi) is 4.25. The molecule has 1 aromatic heterocycles. The van der Waals surface area contributed by atoms with Gasteiger partial charge in [0, 0.05) is 20.3 Å². The molecule has 0 spiro atoms. The molecule has 1 aromatic carbocycles. The van der Waals surface area contributed by atoms with Crippen LogP contribution in [0.4, 0.5) is 0 Å². The molecule has 0 fully saturated rings. The molecule has 0 saturated heterocycles. The first-order valence-electron chi connectivity index (χ1n) is 6.05. The Hall–Kier alpha value is -0.640. The molecule has 0 aliphatic heterocycles. The van der Waals surface area contributed by atoms with Crippen LogP contribution in [0.2, 0.25) is 0 Å². The Morgan fingerprint density at radius 3 is 2.56 bits per heavy atom. The maximum absolute atomic E-state index is 6.32. The fraction of sp³-hybridized carbons (Fsp3) is 0.333. The Bertz CT molecular complexity index is 540. The smallest absolute Gasteiger partial charge is 0.0431 e. The maximum Gasteiger partial charge on any atom is 0.0431 e. The summed E-state index contributed by atoms with van der Waals surface area (Å²) in [5.41, 5.74) is 10.3. The van der Waals surface area contributed by atoms with Crippen molar-refractivity contribution < 1.29 is 0 Å². The van der Waals surface area contributed by atoms with Gasteiger partial charge >= 0.3 is 0 Å². The summed E-state index contributed by atoms with van der Waals surface area (Å²) in [7, 11) is 0. The molecule has 1 nitrogen and oxygen atoms in total. The third kappa shape index (κ3) is 3.02. The molecule has 1 unspecified atom stereocenters. The molecule has 0 radical (unpaired) electrons. The minimum absolute atomic E-state index is 0.0838. The molecule has 0 bridgehead atoms. The van der Waals surface area contributed by atoms with Gasteiger partial charge in [-0.15, -0.1) is 11.3 Å². The first-order chi connectivity index (χ1) is 8.47. The third-order valence-corrected chi connectivity index (χ3v) is 5.45. The Balaban J connectivity index is 2.20. The van der Waals surface area contributed by atoms with E-state index in [1.807, 2.05) is 0 Å². The van der Waals surface area contributed by atoms with E-state index in [4.69, 9.17) is 5.73 Å². The monoisotopic (exact) mass is 323 g/mol. The third-order valence-electron chi connectivity index (χ3n) is 3.19. The van der Waals surface area contributed by atoms with E-state index in [9.17, 15) is 0 Å². The van der Waals surface area contributed by atoms with Crippen molar-refractivity contribution in [1.29, 1.82) is 0 Å². The molecule has 1 atom stereocenters. The first kappa shape index (κ1) is 13.8. The van der Waals surface area contributed by atoms with E-state index in [0.29, 0.717) is 0 Å². The van der Waals surface area contributed by atoms with Gasteiger partial charge in [0.1, 0.15) is 0 Å². The lowest BCUT2D eigenvalue weighted by Gasteiger charge is -2.12. The van der Waals surface area contributed by atoms with Crippen molar-refractivity contribution in [2.75, 3.05) is 0 Å². The number of hydrogen-bond donors (Lipinski definition) is 1. The minimum atomic E-state index is 0.0838. The Labute approximate surface area is 121 Å². The van der Waals surface area contributed by atoms with E-state index in [2.05, 4.69) is 61.0 Å². The maximum atomic E-state index is 6.32. The number of hydrogen-bond acceptors (Lipinski definition) is 2. The summed E-state index contributed by atoms with van der Waals surface area (Å²) in [6.45, 7) is 6.39. The standard InChI is InChI=1S/C15H18BrNS/c1-9-4-5-10(2)12(6-9)7-14(17)15-8-13(16)11(3)18-15/h4-6,8,14H,7,17H2,1-3H3. The lowest BCUT2D eigenvalue weighted by Crippen LogP contribution is -2.12. The lowest BCUT2D eigenvalue weighted by molar-refractivity contribution is 0.732. The average molecular weight is 324 g/mol. The zero-order chi connectivity index (χ0) is 13.3. The van der Waals surface area contributed by atoms with Crippen molar-refractivity contribution in [3.63, 3.8) is 0 Å². The second-order valence-electron chi connectivity index (χ2n) is 4.79. The van der Waals surface area contributed by atoms with Gasteiger partial charge in [0.2, 0.25) is 0 Å². The highest BCUT2D eigenvalue weighted by molar-refractivity contribution is 9.10. The molecule has 0 amide bonds. The largest absolute Gasteiger partial charge is 0.323 e. The predicted octanol–water partition coefficient (Wildman–Crippen LogP) is 4.68. The highest BCUT2D eigenvalue weighted by atomic mass is 79.9. The SMILES string of the molecule is Cc1ccc(C)c(CC(N)c2cc(Br)c(C)s2)c1. The Morgan fingerprint density at radius 2 is 1.94 bits per heavy atom. The van der Waals surface area contributed by atoms with Gasteiger partial charge in [0.15, 0.2) is 0 Å². The summed E-state index contributed by atoms with van der Waals surface area (Å²) in [5, 5.41) is 0. The summed E-state index contributed by atoms with van der Waals surface area (Å²) >= 11 is 5.33. The molecule has 96 valence electrons. The van der Waals surface area contributed by atoms with Gasteiger partial charge in [-0.1, -0.05) is 23.8 Å². The van der Waals surface area contributed by atoms with Crippen molar-refractivity contribution in [3.8, 4) is 0 Å². The zero-order valence-corrected chi connectivity index (χ0v) is 13.4. The van der Waals surface area contributed by atoms with E-state index in [0.717, 1.165) is 6.42 Å². The van der Waals surface area contributed by atoms with Gasteiger partial charge in [-0.05, 0) is 60.3 Å². The normalized spacial score (nSPS) is 12.7. The second kappa shape index (κ2) is 5.55. The summed E-state index contributed by atoms with van der Waals surface area (Å²) in [6.07, 6.45) is 0.903. The fourth-order valence-electron chi connectivity index (χ4n) is 2.02. The molecule has 2 N–H and O–H groups in total. The summed E-state index contributed by atoms with van der Waals surface area (Å²) in [4.78, 5) is 2.54. The topological polar surface area (TPSA) is 26.0 Å². The van der Waals surface area contributed by atoms with E-state index in [1.165, 1.54) is 30.9 Å². The highest BCUT2D eigenvalue weighted by Gasteiger charge is 2.13. The number of halogens is 1. The summed E-state index contributed by atoms with van der Waals surface area (Å²) in [5.74, 6) is 0. The summed E-state index contributed by atoms with van der Waals surface area (Å²) < 4.78 is 1.17. The van der Waals surface area contributed by atoms with Crippen LogP contribution >= 0.6 is 27.3 Å². The average Bonchev–Trinajstić information content (AvgIpc) is 2.64. The second-order valence-corrected chi connectivity index (χ2v) is 6.94. The van der Waals surface area contributed by atoms with Crippen LogP contribution in [0.5, 0.6) is 0 Å². The van der Waals surface area contributed by atoms with Gasteiger partial charge < -0.3 is 5.73 Å². The first-order valence-corrected chi connectivity index (χ1v) is 7.66. The minimum Gasteiger partial charge on any atom is -0.323 e. The van der Waals surface area contributed by atoms with Crippen LogP contribution in [0.3, 0.4) is 0 Å². The number of rotatable bonds is 3. The van der Waals surface area contributed by atoms with Crippen LogP contribution in [0.15, 0.2) is 28.7 Å². The molecule has 1 heterocycles. The van der Waals surface area contributed by atoms with E-state index < -0.39 is 0 Å². The lowest BCUT2D eigenvalue weighted by atomic mass is 9.99. The van der Waals surface area contributed by atoms with Gasteiger partial charge in [-0.25, -0.2) is 0 Å². The molecule has 2 rings (SSSR count). The quantitative estimate of drug-likeness (QED) is 0.872. The fourth-order valence-corrected chi connectivity index (χ4v) is 3.58. The van der Waals surface area contributed by atoms with Crippen LogP contribution in [-0.4, -0.2) is 0 Å². The molecule has 0 aliphatic carbocycles. The van der Waals surface area contributed by atoms with Crippen molar-refractivity contribution in [3.05, 3.63) is 55.2 Å². The van der Waals surface area contributed by atoms with Crippen LogP contribution in [0.25, 0.3) is 0 Å².